The molecule has 0 unspecified atom stereocenters. The number of amides is 1. The molecule has 2 aromatic rings. The molecule has 0 heterocycles. The van der Waals surface area contributed by atoms with Gasteiger partial charge in [0.25, 0.3) is 0 Å². The maximum Gasteiger partial charge on any atom is 0.343 e. The summed E-state index contributed by atoms with van der Waals surface area (Å²) >= 11 is 5.89. The van der Waals surface area contributed by atoms with Crippen molar-refractivity contribution in [3.8, 4) is 11.5 Å². The quantitative estimate of drug-likeness (QED) is 0.788. The van der Waals surface area contributed by atoms with Crippen molar-refractivity contribution >= 4 is 33.3 Å². The summed E-state index contributed by atoms with van der Waals surface area (Å²) in [5, 5.41) is 2.75. The molecule has 0 radical (unpaired) electrons. The van der Waals surface area contributed by atoms with E-state index >= 15 is 0 Å². The number of rotatable bonds is 6. The minimum Gasteiger partial charge on any atom is -0.492 e. The van der Waals surface area contributed by atoms with Gasteiger partial charge in [-0.2, -0.15) is 8.42 Å². The molecule has 6 nitrogen and oxygen atoms in total. The first-order valence-corrected chi connectivity index (χ1v) is 8.85. The van der Waals surface area contributed by atoms with Gasteiger partial charge in [-0.25, -0.2) is 0 Å². The van der Waals surface area contributed by atoms with Gasteiger partial charge < -0.3 is 14.2 Å². The molecule has 0 aromatic heterocycles. The zero-order chi connectivity index (χ0) is 17.7. The molecule has 1 amide bonds. The fourth-order valence-electron chi connectivity index (χ4n) is 1.95. The number of carbonyl (C=O) groups is 1. The molecule has 128 valence electrons. The van der Waals surface area contributed by atoms with Gasteiger partial charge in [0.05, 0.1) is 12.3 Å². The van der Waals surface area contributed by atoms with Crippen LogP contribution in [-0.2, 0) is 14.9 Å². The molecule has 24 heavy (non-hydrogen) atoms. The molecule has 0 spiro atoms. The number of carbonyl (C=O) groups excluding carboxylic acids is 1. The first kappa shape index (κ1) is 18.1. The fourth-order valence-corrected chi connectivity index (χ4v) is 3.30. The Bertz CT molecular complexity index is 851. The van der Waals surface area contributed by atoms with E-state index in [-0.39, 0.29) is 39.6 Å². The minimum atomic E-state index is -4.21. The number of para-hydroxylation sites is 2. The first-order chi connectivity index (χ1) is 11.3. The average molecular weight is 370 g/mol. The summed E-state index contributed by atoms with van der Waals surface area (Å²) in [6, 6.07) is 10.5. The Labute approximate surface area is 145 Å². The fraction of sp³-hybridized carbons (Fsp3) is 0.188. The second-order valence-corrected chi connectivity index (χ2v) is 6.69. The molecule has 8 heteroatoms. The van der Waals surface area contributed by atoms with E-state index in [1.54, 1.807) is 19.1 Å². The number of halogens is 1. The smallest absolute Gasteiger partial charge is 0.343 e. The van der Waals surface area contributed by atoms with E-state index in [2.05, 4.69) is 5.32 Å². The Morgan fingerprint density at radius 1 is 1.17 bits per heavy atom. The number of benzene rings is 2. The van der Waals surface area contributed by atoms with Crippen molar-refractivity contribution in [3.63, 3.8) is 0 Å². The minimum absolute atomic E-state index is 0.00451. The molecule has 0 bridgehead atoms. The van der Waals surface area contributed by atoms with Crippen molar-refractivity contribution < 1.29 is 22.1 Å². The van der Waals surface area contributed by atoms with Gasteiger partial charge in [0.2, 0.25) is 5.91 Å². The highest BCUT2D eigenvalue weighted by atomic mass is 35.5. The molecular formula is C16H16ClNO5S. The van der Waals surface area contributed by atoms with Crippen molar-refractivity contribution in [3.05, 3.63) is 47.5 Å². The zero-order valence-electron chi connectivity index (χ0n) is 13.1. The summed E-state index contributed by atoms with van der Waals surface area (Å²) in [5.74, 6) is -0.213. The largest absolute Gasteiger partial charge is 0.492 e. The van der Waals surface area contributed by atoms with Crippen LogP contribution in [0.1, 0.15) is 13.8 Å². The molecule has 0 aliphatic carbocycles. The van der Waals surface area contributed by atoms with Crippen LogP contribution in [0.15, 0.2) is 47.4 Å². The van der Waals surface area contributed by atoms with E-state index in [0.717, 1.165) is 0 Å². The van der Waals surface area contributed by atoms with E-state index in [0.29, 0.717) is 0 Å². The maximum atomic E-state index is 12.6. The van der Waals surface area contributed by atoms with Crippen LogP contribution in [0.2, 0.25) is 5.02 Å². The number of anilines is 1. The monoisotopic (exact) mass is 369 g/mol. The molecule has 0 atom stereocenters. The van der Waals surface area contributed by atoms with Crippen molar-refractivity contribution in [2.75, 3.05) is 11.9 Å². The van der Waals surface area contributed by atoms with Crippen molar-refractivity contribution in [2.24, 2.45) is 0 Å². The lowest BCUT2D eigenvalue weighted by Gasteiger charge is -2.14. The molecule has 2 aromatic carbocycles. The summed E-state index contributed by atoms with van der Waals surface area (Å²) in [5.41, 5.74) is 0.244. The topological polar surface area (TPSA) is 81.7 Å². The Kier molecular flexibility index (Phi) is 5.69. The third-order valence-electron chi connectivity index (χ3n) is 2.87. The van der Waals surface area contributed by atoms with Crippen molar-refractivity contribution in [1.29, 1.82) is 0 Å². The molecular weight excluding hydrogens is 354 g/mol. The van der Waals surface area contributed by atoms with E-state index in [9.17, 15) is 13.2 Å². The summed E-state index contributed by atoms with van der Waals surface area (Å²) in [7, 11) is -4.21. The van der Waals surface area contributed by atoms with Gasteiger partial charge >= 0.3 is 10.1 Å². The van der Waals surface area contributed by atoms with Crippen LogP contribution in [0.5, 0.6) is 11.5 Å². The Morgan fingerprint density at radius 3 is 2.54 bits per heavy atom. The van der Waals surface area contributed by atoms with Crippen LogP contribution in [-0.4, -0.2) is 20.9 Å². The van der Waals surface area contributed by atoms with Gasteiger partial charge in [0.15, 0.2) is 5.75 Å². The molecule has 0 aliphatic heterocycles. The van der Waals surface area contributed by atoms with Crippen LogP contribution >= 0.6 is 11.6 Å². The van der Waals surface area contributed by atoms with Gasteiger partial charge in [-0.1, -0.05) is 23.7 Å². The average Bonchev–Trinajstić information content (AvgIpc) is 2.50. The van der Waals surface area contributed by atoms with Crippen LogP contribution < -0.4 is 14.2 Å². The molecule has 0 aliphatic rings. The van der Waals surface area contributed by atoms with Gasteiger partial charge in [-0.05, 0) is 37.3 Å². The van der Waals surface area contributed by atoms with E-state index in [1.807, 2.05) is 0 Å². The van der Waals surface area contributed by atoms with E-state index in [4.69, 9.17) is 20.5 Å². The van der Waals surface area contributed by atoms with Gasteiger partial charge in [0, 0.05) is 11.9 Å². The summed E-state index contributed by atoms with van der Waals surface area (Å²) in [4.78, 5) is 11.0. The standard InChI is InChI=1S/C16H16ClNO5S/c1-3-22-15-9-8-12(17)10-16(15)24(20,21)23-14-7-5-4-6-13(14)18-11(2)19/h4-10H,3H2,1-2H3,(H,18,19). The lowest BCUT2D eigenvalue weighted by molar-refractivity contribution is -0.114. The molecule has 2 rings (SSSR count). The predicted octanol–water partition coefficient (Wildman–Crippen LogP) is 3.46. The van der Waals surface area contributed by atoms with Crippen molar-refractivity contribution in [2.45, 2.75) is 18.7 Å². The van der Waals surface area contributed by atoms with Crippen LogP contribution in [0.3, 0.4) is 0 Å². The van der Waals surface area contributed by atoms with Gasteiger partial charge in [0.1, 0.15) is 10.6 Å². The van der Waals surface area contributed by atoms with Gasteiger partial charge in [-0.15, -0.1) is 0 Å². The van der Waals surface area contributed by atoms with E-state index < -0.39 is 10.1 Å². The molecule has 0 saturated heterocycles. The summed E-state index contributed by atoms with van der Waals surface area (Å²) in [6.07, 6.45) is 0. The SMILES string of the molecule is CCOc1ccc(Cl)cc1S(=O)(=O)Oc1ccccc1NC(C)=O. The third-order valence-corrected chi connectivity index (χ3v) is 4.36. The second-order valence-electron chi connectivity index (χ2n) is 4.74. The highest BCUT2D eigenvalue weighted by molar-refractivity contribution is 7.87. The number of hydrogen-bond acceptors (Lipinski definition) is 5. The second kappa shape index (κ2) is 7.55. The van der Waals surface area contributed by atoms with E-state index in [1.165, 1.54) is 37.3 Å². The molecule has 0 saturated carbocycles. The normalized spacial score (nSPS) is 11.0. The van der Waals surface area contributed by atoms with Gasteiger partial charge in [-0.3, -0.25) is 4.79 Å². The number of hydrogen-bond donors (Lipinski definition) is 1. The molecule has 0 fully saturated rings. The zero-order valence-corrected chi connectivity index (χ0v) is 14.6. The predicted molar refractivity (Wildman–Crippen MR) is 91.2 cm³/mol. The first-order valence-electron chi connectivity index (χ1n) is 7.07. The summed E-state index contributed by atoms with van der Waals surface area (Å²) < 4.78 is 35.7. The van der Waals surface area contributed by atoms with Crippen molar-refractivity contribution in [1.82, 2.24) is 0 Å². The molecule has 1 N–H and O–H groups in total. The highest BCUT2D eigenvalue weighted by Gasteiger charge is 2.24. The van der Waals surface area contributed by atoms with Crippen LogP contribution in [0.25, 0.3) is 0 Å². The Balaban J connectivity index is 2.43. The lowest BCUT2D eigenvalue weighted by atomic mass is 10.3. The number of ether oxygens (including phenoxy) is 1. The number of nitrogens with one attached hydrogen (secondary N) is 1. The Morgan fingerprint density at radius 2 is 1.88 bits per heavy atom. The lowest BCUT2D eigenvalue weighted by Crippen LogP contribution is -2.14. The summed E-state index contributed by atoms with van der Waals surface area (Å²) in [6.45, 7) is 3.33. The highest BCUT2D eigenvalue weighted by Crippen LogP contribution is 2.32. The maximum absolute atomic E-state index is 12.6. The van der Waals surface area contributed by atoms with Crippen LogP contribution in [0, 0.1) is 0 Å². The van der Waals surface area contributed by atoms with Crippen LogP contribution in [0.4, 0.5) is 5.69 Å². The third kappa shape index (κ3) is 4.39. The Hall–Kier alpha value is -2.25.